The van der Waals surface area contributed by atoms with E-state index in [1.807, 2.05) is 48.5 Å². The predicted octanol–water partition coefficient (Wildman–Crippen LogP) is 5.27. The maximum atomic E-state index is 10.7. The third-order valence-electron chi connectivity index (χ3n) is 3.74. The van der Waals surface area contributed by atoms with Crippen molar-refractivity contribution in [2.45, 2.75) is 6.61 Å². The van der Waals surface area contributed by atoms with Crippen LogP contribution in [0.2, 0.25) is 5.02 Å². The highest BCUT2D eigenvalue weighted by Gasteiger charge is 2.05. The quantitative estimate of drug-likeness (QED) is 0.343. The average molecular weight is 382 g/mol. The molecule has 0 saturated carbocycles. The molecule has 7 heteroatoms. The average Bonchev–Trinajstić information content (AvgIpc) is 2.69. The Labute approximate surface area is 161 Å². The number of halogens is 1. The molecule has 0 saturated heterocycles. The van der Waals surface area contributed by atoms with Crippen LogP contribution in [0.4, 0.5) is 11.4 Å². The van der Waals surface area contributed by atoms with Crippen molar-refractivity contribution in [3.63, 3.8) is 0 Å². The number of nitro benzene ring substituents is 1. The van der Waals surface area contributed by atoms with Crippen LogP contribution in [-0.2, 0) is 6.61 Å². The van der Waals surface area contributed by atoms with E-state index in [2.05, 4.69) is 10.5 Å². The second kappa shape index (κ2) is 8.82. The first-order chi connectivity index (χ1) is 13.1. The first-order valence-electron chi connectivity index (χ1n) is 8.12. The van der Waals surface area contributed by atoms with Gasteiger partial charge in [-0.05, 0) is 30.3 Å². The van der Waals surface area contributed by atoms with Crippen LogP contribution in [0.25, 0.3) is 0 Å². The molecule has 0 aliphatic rings. The molecular weight excluding hydrogens is 366 g/mol. The molecule has 0 amide bonds. The lowest BCUT2D eigenvalue weighted by atomic mass is 10.2. The predicted molar refractivity (Wildman–Crippen MR) is 107 cm³/mol. The second-order valence-corrected chi connectivity index (χ2v) is 6.00. The van der Waals surface area contributed by atoms with E-state index in [0.717, 1.165) is 11.1 Å². The van der Waals surface area contributed by atoms with Crippen LogP contribution in [0.15, 0.2) is 77.9 Å². The summed E-state index contributed by atoms with van der Waals surface area (Å²) in [6.45, 7) is 0.348. The minimum Gasteiger partial charge on any atom is -0.488 e. The topological polar surface area (TPSA) is 76.8 Å². The van der Waals surface area contributed by atoms with Crippen LogP contribution in [0.3, 0.4) is 0 Å². The Bertz CT molecular complexity index is 959. The fourth-order valence-corrected chi connectivity index (χ4v) is 2.51. The van der Waals surface area contributed by atoms with Crippen LogP contribution in [-0.4, -0.2) is 11.1 Å². The fraction of sp³-hybridized carbons (Fsp3) is 0.0500. The van der Waals surface area contributed by atoms with E-state index < -0.39 is 4.92 Å². The lowest BCUT2D eigenvalue weighted by molar-refractivity contribution is -0.384. The van der Waals surface area contributed by atoms with Gasteiger partial charge in [-0.2, -0.15) is 5.10 Å². The Balaban J connectivity index is 1.65. The summed E-state index contributed by atoms with van der Waals surface area (Å²) >= 11 is 6.15. The van der Waals surface area contributed by atoms with Gasteiger partial charge < -0.3 is 4.74 Å². The number of rotatable bonds is 7. The number of hydrogen-bond donors (Lipinski definition) is 1. The Morgan fingerprint density at radius 2 is 1.74 bits per heavy atom. The second-order valence-electron chi connectivity index (χ2n) is 5.59. The van der Waals surface area contributed by atoms with Gasteiger partial charge >= 0.3 is 0 Å². The molecule has 0 aliphatic carbocycles. The summed E-state index contributed by atoms with van der Waals surface area (Å²) in [6.07, 6.45) is 1.63. The molecule has 3 aromatic carbocycles. The van der Waals surface area contributed by atoms with Crippen LogP contribution in [0.5, 0.6) is 5.75 Å². The monoisotopic (exact) mass is 381 g/mol. The van der Waals surface area contributed by atoms with Crippen molar-refractivity contribution >= 4 is 29.2 Å². The van der Waals surface area contributed by atoms with Crippen LogP contribution >= 0.6 is 11.6 Å². The van der Waals surface area contributed by atoms with Gasteiger partial charge in [0.15, 0.2) is 0 Å². The number of nitro groups is 1. The van der Waals surface area contributed by atoms with Crippen LogP contribution in [0.1, 0.15) is 11.1 Å². The molecule has 0 atom stereocenters. The van der Waals surface area contributed by atoms with Gasteiger partial charge in [0.1, 0.15) is 12.4 Å². The van der Waals surface area contributed by atoms with Gasteiger partial charge in [0.2, 0.25) is 0 Å². The molecule has 6 nitrogen and oxygen atoms in total. The molecule has 27 heavy (non-hydrogen) atoms. The van der Waals surface area contributed by atoms with E-state index in [1.165, 1.54) is 12.1 Å². The molecule has 3 aromatic rings. The molecule has 0 fully saturated rings. The summed E-state index contributed by atoms with van der Waals surface area (Å²) in [5.41, 5.74) is 5.20. The molecule has 136 valence electrons. The summed E-state index contributed by atoms with van der Waals surface area (Å²) in [6, 6.07) is 21.0. The van der Waals surface area contributed by atoms with Crippen molar-refractivity contribution in [3.8, 4) is 5.75 Å². The maximum absolute atomic E-state index is 10.7. The van der Waals surface area contributed by atoms with E-state index in [0.29, 0.717) is 23.1 Å². The first-order valence-corrected chi connectivity index (χ1v) is 8.50. The highest BCUT2D eigenvalue weighted by atomic mass is 35.5. The largest absolute Gasteiger partial charge is 0.488 e. The number of ether oxygens (including phenoxy) is 1. The molecule has 0 heterocycles. The summed E-state index contributed by atoms with van der Waals surface area (Å²) in [7, 11) is 0. The van der Waals surface area contributed by atoms with Crippen molar-refractivity contribution < 1.29 is 9.66 Å². The van der Waals surface area contributed by atoms with Crippen molar-refractivity contribution in [1.82, 2.24) is 0 Å². The molecule has 0 spiro atoms. The normalized spacial score (nSPS) is 10.7. The smallest absolute Gasteiger partial charge is 0.269 e. The standard InChI is InChI=1S/C20H16ClN3O3/c21-19-7-3-1-6-16(19)14-27-20-8-4-2-5-15(20)13-22-23-17-9-11-18(12-10-17)24(25)26/h1-13,23H,14H2. The van der Waals surface area contributed by atoms with Gasteiger partial charge in [0, 0.05) is 28.3 Å². The zero-order valence-corrected chi connectivity index (χ0v) is 15.0. The van der Waals surface area contributed by atoms with Crippen molar-refractivity contribution in [1.29, 1.82) is 0 Å². The minimum absolute atomic E-state index is 0.0304. The van der Waals surface area contributed by atoms with E-state index in [1.54, 1.807) is 18.3 Å². The van der Waals surface area contributed by atoms with E-state index in [9.17, 15) is 10.1 Å². The van der Waals surface area contributed by atoms with Crippen LogP contribution < -0.4 is 10.2 Å². The third kappa shape index (κ3) is 5.05. The van der Waals surface area contributed by atoms with Gasteiger partial charge in [0.05, 0.1) is 16.8 Å². The number of benzene rings is 3. The highest BCUT2D eigenvalue weighted by Crippen LogP contribution is 2.21. The number of nitrogens with one attached hydrogen (secondary N) is 1. The molecule has 0 bridgehead atoms. The fourth-order valence-electron chi connectivity index (χ4n) is 2.32. The lowest BCUT2D eigenvalue weighted by Crippen LogP contribution is -1.99. The summed E-state index contributed by atoms with van der Waals surface area (Å²) in [5.74, 6) is 0.673. The Hall–Kier alpha value is -3.38. The number of nitrogens with zero attached hydrogens (tertiary/aromatic N) is 2. The third-order valence-corrected chi connectivity index (χ3v) is 4.10. The number of hydrazone groups is 1. The Morgan fingerprint density at radius 3 is 2.48 bits per heavy atom. The van der Waals surface area contributed by atoms with Crippen LogP contribution in [0, 0.1) is 10.1 Å². The van der Waals surface area contributed by atoms with E-state index in [-0.39, 0.29) is 5.69 Å². The Morgan fingerprint density at radius 1 is 1.04 bits per heavy atom. The minimum atomic E-state index is -0.445. The SMILES string of the molecule is O=[N+]([O-])c1ccc(NN=Cc2ccccc2OCc2ccccc2Cl)cc1. The maximum Gasteiger partial charge on any atom is 0.269 e. The van der Waals surface area contributed by atoms with Crippen molar-refractivity contribution in [2.75, 3.05) is 5.43 Å². The summed E-state index contributed by atoms with van der Waals surface area (Å²) < 4.78 is 5.87. The van der Waals surface area contributed by atoms with Crippen molar-refractivity contribution in [3.05, 3.63) is 99.1 Å². The summed E-state index contributed by atoms with van der Waals surface area (Å²) in [4.78, 5) is 10.2. The molecule has 0 unspecified atom stereocenters. The number of para-hydroxylation sites is 1. The van der Waals surface area contributed by atoms with Gasteiger partial charge in [-0.1, -0.05) is 41.9 Å². The number of hydrogen-bond acceptors (Lipinski definition) is 5. The molecule has 1 N–H and O–H groups in total. The zero-order valence-electron chi connectivity index (χ0n) is 14.2. The van der Waals surface area contributed by atoms with E-state index in [4.69, 9.17) is 16.3 Å². The number of non-ortho nitro benzene ring substituents is 1. The summed E-state index contributed by atoms with van der Waals surface area (Å²) in [5, 5.41) is 15.5. The van der Waals surface area contributed by atoms with Gasteiger partial charge in [-0.3, -0.25) is 15.5 Å². The van der Waals surface area contributed by atoms with Gasteiger partial charge in [-0.25, -0.2) is 0 Å². The molecular formula is C20H16ClN3O3. The Kier molecular flexibility index (Phi) is 6.02. The van der Waals surface area contributed by atoms with Gasteiger partial charge in [0.25, 0.3) is 5.69 Å². The molecule has 3 rings (SSSR count). The first kappa shape index (κ1) is 18.4. The molecule has 0 aromatic heterocycles. The zero-order chi connectivity index (χ0) is 19.1. The van der Waals surface area contributed by atoms with E-state index >= 15 is 0 Å². The molecule has 0 radical (unpaired) electrons. The highest BCUT2D eigenvalue weighted by molar-refractivity contribution is 6.31. The van der Waals surface area contributed by atoms with Gasteiger partial charge in [-0.15, -0.1) is 0 Å². The molecule has 0 aliphatic heterocycles. The van der Waals surface area contributed by atoms with Crippen molar-refractivity contribution in [2.24, 2.45) is 5.10 Å². The number of anilines is 1. The lowest BCUT2D eigenvalue weighted by Gasteiger charge is -2.10.